The number of nitrogens with zero attached hydrogens (tertiary/aromatic N) is 5. The Morgan fingerprint density at radius 3 is 2.63 bits per heavy atom. The number of nitrogens with one attached hydrogen (secondary N) is 2. The molecular formula is C36H47FN7O3PS. The summed E-state index contributed by atoms with van der Waals surface area (Å²) in [5.41, 5.74) is 4.49. The van der Waals surface area contributed by atoms with Crippen LogP contribution in [-0.4, -0.2) is 72.1 Å². The molecule has 13 heteroatoms. The summed E-state index contributed by atoms with van der Waals surface area (Å²) < 4.78 is 27.1. The maximum Gasteiger partial charge on any atom is 0.412 e. The van der Waals surface area contributed by atoms with Crippen molar-refractivity contribution >= 4 is 52.9 Å². The number of amides is 1. The monoisotopic (exact) mass is 707 g/mol. The summed E-state index contributed by atoms with van der Waals surface area (Å²) in [5, 5.41) is 18.2. The molecule has 0 saturated carbocycles. The Morgan fingerprint density at radius 2 is 2.00 bits per heavy atom. The molecule has 1 atom stereocenters. The van der Waals surface area contributed by atoms with Gasteiger partial charge in [-0.25, -0.2) is 9.18 Å². The molecule has 1 amide bonds. The molecule has 2 aliphatic heterocycles. The fraction of sp³-hybridized carbons (Fsp3) is 0.500. The first-order valence-electron chi connectivity index (χ1n) is 16.8. The molecule has 2 aromatic heterocycles. The minimum absolute atomic E-state index is 0.134. The van der Waals surface area contributed by atoms with Crippen molar-refractivity contribution in [1.82, 2.24) is 20.1 Å². The second-order valence-corrected chi connectivity index (χ2v) is 15.3. The predicted octanol–water partition coefficient (Wildman–Crippen LogP) is 6.79. The van der Waals surface area contributed by atoms with Crippen LogP contribution in [0.15, 0.2) is 23.1 Å². The van der Waals surface area contributed by atoms with Crippen LogP contribution in [-0.2, 0) is 22.7 Å². The number of rotatable bonds is 10. The molecular weight excluding hydrogens is 660 g/mol. The van der Waals surface area contributed by atoms with Crippen LogP contribution in [0.1, 0.15) is 81.7 Å². The topological polar surface area (TPSA) is 115 Å². The third-order valence-corrected chi connectivity index (χ3v) is 10.5. The van der Waals surface area contributed by atoms with E-state index in [1.165, 1.54) is 6.20 Å². The van der Waals surface area contributed by atoms with Crippen LogP contribution >= 0.6 is 20.6 Å². The number of allylic oxidation sites excluding steroid dienone is 1. The third kappa shape index (κ3) is 7.60. The first-order chi connectivity index (χ1) is 23.3. The molecule has 0 spiro atoms. The van der Waals surface area contributed by atoms with Crippen molar-refractivity contribution in [2.24, 2.45) is 4.99 Å². The number of unbranched alkanes of at least 4 members (excludes halogenated alkanes) is 1. The van der Waals surface area contributed by atoms with E-state index in [0.29, 0.717) is 36.9 Å². The van der Waals surface area contributed by atoms with Gasteiger partial charge in [0, 0.05) is 42.2 Å². The highest BCUT2D eigenvalue weighted by molar-refractivity contribution is 7.28. The van der Waals surface area contributed by atoms with Crippen LogP contribution in [0.5, 0.6) is 0 Å². The molecule has 49 heavy (non-hydrogen) atoms. The summed E-state index contributed by atoms with van der Waals surface area (Å²) in [7, 11) is 7.10. The quantitative estimate of drug-likeness (QED) is 0.135. The van der Waals surface area contributed by atoms with Gasteiger partial charge in [-0.05, 0) is 82.7 Å². The number of fused-ring (bicyclic) bond motifs is 2. The molecule has 2 N–H and O–H groups in total. The number of hydrogen-bond acceptors (Lipinski definition) is 9. The predicted molar refractivity (Wildman–Crippen MR) is 199 cm³/mol. The van der Waals surface area contributed by atoms with E-state index in [-0.39, 0.29) is 15.3 Å². The van der Waals surface area contributed by atoms with E-state index in [1.54, 1.807) is 20.8 Å². The Labute approximate surface area is 295 Å². The number of aromatic nitrogens is 1. The summed E-state index contributed by atoms with van der Waals surface area (Å²) in [4.78, 5) is 27.0. The lowest BCUT2D eigenvalue weighted by atomic mass is 9.89. The van der Waals surface area contributed by atoms with E-state index in [0.717, 1.165) is 88.5 Å². The summed E-state index contributed by atoms with van der Waals surface area (Å²) >= 11 is 0.994. The van der Waals surface area contributed by atoms with Crippen LogP contribution in [0, 0.1) is 24.1 Å². The number of nitriles is 1. The summed E-state index contributed by atoms with van der Waals surface area (Å²) in [6, 6.07) is 2.70. The number of amidine groups is 1. The zero-order valence-electron chi connectivity index (χ0n) is 29.7. The number of pyridine rings is 1. The van der Waals surface area contributed by atoms with Gasteiger partial charge in [0.25, 0.3) is 0 Å². The van der Waals surface area contributed by atoms with Gasteiger partial charge >= 0.3 is 6.09 Å². The van der Waals surface area contributed by atoms with Crippen LogP contribution in [0.4, 0.5) is 14.2 Å². The van der Waals surface area contributed by atoms with Crippen LogP contribution < -0.4 is 15.9 Å². The fourth-order valence-corrected chi connectivity index (χ4v) is 7.57. The van der Waals surface area contributed by atoms with Crippen LogP contribution in [0.25, 0.3) is 21.3 Å². The average molecular weight is 708 g/mol. The number of thiophene rings is 1. The molecule has 0 radical (unpaired) electrons. The van der Waals surface area contributed by atoms with Crippen molar-refractivity contribution in [1.29, 1.82) is 5.26 Å². The lowest BCUT2D eigenvalue weighted by Gasteiger charge is -2.45. The highest BCUT2D eigenvalue weighted by Gasteiger charge is 2.33. The fourth-order valence-electron chi connectivity index (χ4n) is 6.07. The molecule has 1 saturated heterocycles. The average Bonchev–Trinajstić information content (AvgIpc) is 3.62. The number of halogens is 1. The minimum Gasteiger partial charge on any atom is -0.444 e. The van der Waals surface area contributed by atoms with E-state index < -0.39 is 17.5 Å². The molecule has 2 aliphatic rings. The van der Waals surface area contributed by atoms with Gasteiger partial charge in [-0.3, -0.25) is 15.3 Å². The number of benzene rings is 1. The lowest BCUT2D eigenvalue weighted by molar-refractivity contribution is 0.0636. The van der Waals surface area contributed by atoms with Gasteiger partial charge < -0.3 is 24.6 Å². The van der Waals surface area contributed by atoms with Gasteiger partial charge in [-0.2, -0.15) is 5.26 Å². The molecule has 4 heterocycles. The van der Waals surface area contributed by atoms with E-state index in [9.17, 15) is 10.1 Å². The van der Waals surface area contributed by atoms with E-state index in [2.05, 4.69) is 81.7 Å². The highest BCUT2D eigenvalue weighted by Crippen LogP contribution is 2.44. The Kier molecular flexibility index (Phi) is 11.3. The molecule has 1 unspecified atom stereocenters. The van der Waals surface area contributed by atoms with E-state index in [1.807, 2.05) is 0 Å². The van der Waals surface area contributed by atoms with Gasteiger partial charge in [0.1, 0.15) is 28.3 Å². The third-order valence-electron chi connectivity index (χ3n) is 8.68. The molecule has 0 aliphatic carbocycles. The largest absolute Gasteiger partial charge is 0.444 e. The molecule has 0 bridgehead atoms. The number of carbonyl (C=O) groups is 1. The second-order valence-electron chi connectivity index (χ2n) is 13.7. The maximum atomic E-state index is 15.4. The Bertz CT molecular complexity index is 1850. The number of hydrogen-bond donors (Lipinski definition) is 2. The Hall–Kier alpha value is -3.62. The molecule has 5 rings (SSSR count). The van der Waals surface area contributed by atoms with Gasteiger partial charge in [0.2, 0.25) is 0 Å². The van der Waals surface area contributed by atoms with Crippen molar-refractivity contribution in [3.05, 3.63) is 51.7 Å². The maximum absolute atomic E-state index is 15.4. The number of aliphatic imine (C=N–C) groups is 1. The van der Waals surface area contributed by atoms with Crippen LogP contribution in [0.3, 0.4) is 0 Å². The lowest BCUT2D eigenvalue weighted by Crippen LogP contribution is -2.58. The SMILES string of the molecule is CCC/C=C(/NC(=NCCC)c1c(C)c(P)c(-c2ncc(F)c3sc(NC(=O)OC(C)(C)C)c(C#N)c23)c2c1COC2)N1CC(N(C)C)C1. The van der Waals surface area contributed by atoms with Gasteiger partial charge in [-0.1, -0.05) is 20.3 Å². The van der Waals surface area contributed by atoms with Crippen molar-refractivity contribution in [2.45, 2.75) is 85.7 Å². The number of ether oxygens (including phenoxy) is 2. The summed E-state index contributed by atoms with van der Waals surface area (Å²) in [6.07, 6.45) is 5.58. The van der Waals surface area contributed by atoms with Crippen LogP contribution in [0.2, 0.25) is 0 Å². The molecule has 262 valence electrons. The smallest absolute Gasteiger partial charge is 0.412 e. The molecule has 1 fully saturated rings. The van der Waals surface area contributed by atoms with Crippen molar-refractivity contribution in [2.75, 3.05) is 39.0 Å². The summed E-state index contributed by atoms with van der Waals surface area (Å²) in [6.45, 7) is 14.8. The zero-order valence-corrected chi connectivity index (χ0v) is 31.7. The number of carbonyl (C=O) groups excluding carboxylic acids is 1. The normalized spacial score (nSPS) is 15.4. The first kappa shape index (κ1) is 36.7. The Morgan fingerprint density at radius 1 is 1.29 bits per heavy atom. The second kappa shape index (κ2) is 15.1. The summed E-state index contributed by atoms with van der Waals surface area (Å²) in [5.74, 6) is 1.28. The van der Waals surface area contributed by atoms with E-state index in [4.69, 9.17) is 14.5 Å². The first-order valence-corrected chi connectivity index (χ1v) is 18.1. The van der Waals surface area contributed by atoms with Crippen molar-refractivity contribution in [3.63, 3.8) is 0 Å². The minimum atomic E-state index is -0.746. The number of anilines is 1. The molecule has 3 aromatic rings. The molecule has 1 aromatic carbocycles. The zero-order chi connectivity index (χ0) is 35.6. The van der Waals surface area contributed by atoms with Gasteiger partial charge in [-0.15, -0.1) is 20.6 Å². The van der Waals surface area contributed by atoms with Gasteiger partial charge in [0.05, 0.1) is 35.4 Å². The Balaban J connectivity index is 1.64. The number of likely N-dealkylation sites (N-methyl/N-ethyl adjacent to an activating group) is 1. The highest BCUT2D eigenvalue weighted by atomic mass is 32.1. The standard InChI is InChI=1S/C36H47FN7O3PS/c1-9-11-12-26(44-16-21(17-44)43(7)8)41-33(39-13-10-2)27-20(3)31(48)28(24-19-46-18-23(24)27)30-29-22(14-38)34(42-35(45)47-36(4,5)6)49-32(29)25(37)15-40-30/h12,15,21H,9-11,13,16-19,48H2,1-8H3,(H,39,41)(H,42,45)/b26-12-. The van der Waals surface area contributed by atoms with Crippen molar-refractivity contribution < 1.29 is 18.7 Å². The molecule has 10 nitrogen and oxygen atoms in total. The van der Waals surface area contributed by atoms with Gasteiger partial charge in [0.15, 0.2) is 5.82 Å². The number of likely N-dealkylation sites (tertiary alicyclic amines) is 1. The van der Waals surface area contributed by atoms with Crippen molar-refractivity contribution in [3.8, 4) is 17.3 Å². The van der Waals surface area contributed by atoms with E-state index >= 15 is 4.39 Å².